The van der Waals surface area contributed by atoms with Gasteiger partial charge in [0.25, 0.3) is 5.91 Å². The average Bonchev–Trinajstić information content (AvgIpc) is 2.61. The Balaban J connectivity index is 1.64. The maximum atomic E-state index is 12.8. The molecule has 0 saturated carbocycles. The largest absolute Gasteiger partial charge is 0.368 e. The number of rotatable bonds is 3. The van der Waals surface area contributed by atoms with Crippen LogP contribution in [0.3, 0.4) is 0 Å². The molecule has 2 heterocycles. The number of aromatic nitrogens is 2. The number of hydrogen-bond acceptors (Lipinski definition) is 5. The molecule has 1 aromatic carbocycles. The Morgan fingerprint density at radius 2 is 1.72 bits per heavy atom. The van der Waals surface area contributed by atoms with E-state index in [1.165, 1.54) is 12.0 Å². The Hall–Kier alpha value is -2.63. The van der Waals surface area contributed by atoms with Crippen molar-refractivity contribution in [2.45, 2.75) is 26.3 Å². The van der Waals surface area contributed by atoms with E-state index in [0.29, 0.717) is 24.6 Å². The van der Waals surface area contributed by atoms with E-state index in [2.05, 4.69) is 53.1 Å². The van der Waals surface area contributed by atoms with Crippen LogP contribution in [0.1, 0.15) is 31.3 Å². The molecule has 6 heteroatoms. The number of carbonyl (C=O) groups excluding carboxylic acids is 1. The number of carbonyl (C=O) groups is 1. The second-order valence-corrected chi connectivity index (χ2v) is 7.28. The highest BCUT2D eigenvalue weighted by molar-refractivity contribution is 5.93. The van der Waals surface area contributed by atoms with Crippen LogP contribution in [0, 0.1) is 0 Å². The zero-order valence-electron chi connectivity index (χ0n) is 15.1. The Labute approximate surface area is 148 Å². The molecule has 1 aliphatic heterocycles. The van der Waals surface area contributed by atoms with E-state index < -0.39 is 0 Å². The zero-order valence-corrected chi connectivity index (χ0v) is 15.1. The van der Waals surface area contributed by atoms with Crippen molar-refractivity contribution in [3.05, 3.63) is 48.4 Å². The molecule has 6 nitrogen and oxygen atoms in total. The summed E-state index contributed by atoms with van der Waals surface area (Å²) in [6, 6.07) is 12.0. The van der Waals surface area contributed by atoms with Crippen molar-refractivity contribution in [1.82, 2.24) is 14.9 Å². The zero-order chi connectivity index (χ0) is 17.9. The van der Waals surface area contributed by atoms with E-state index in [-0.39, 0.29) is 11.4 Å². The number of para-hydroxylation sites is 1. The molecule has 1 fully saturated rings. The third kappa shape index (κ3) is 4.47. The third-order valence-corrected chi connectivity index (χ3v) is 4.08. The summed E-state index contributed by atoms with van der Waals surface area (Å²) in [6.45, 7) is 9.21. The van der Waals surface area contributed by atoms with E-state index in [0.717, 1.165) is 13.1 Å². The van der Waals surface area contributed by atoms with Crippen molar-refractivity contribution in [2.75, 3.05) is 36.4 Å². The van der Waals surface area contributed by atoms with Crippen molar-refractivity contribution in [1.29, 1.82) is 0 Å². The van der Waals surface area contributed by atoms with Crippen LogP contribution in [0.5, 0.6) is 0 Å². The van der Waals surface area contributed by atoms with Crippen LogP contribution in [0.4, 0.5) is 11.5 Å². The van der Waals surface area contributed by atoms with E-state index in [4.69, 9.17) is 0 Å². The first-order chi connectivity index (χ1) is 11.9. The normalized spacial score (nSPS) is 15.2. The van der Waals surface area contributed by atoms with Gasteiger partial charge in [0.1, 0.15) is 17.8 Å². The second kappa shape index (κ2) is 7.09. The number of piperazine rings is 1. The van der Waals surface area contributed by atoms with Gasteiger partial charge in [0.15, 0.2) is 0 Å². The standard InChI is InChI=1S/C19H25N5O/c1-19(2,3)22-17-13-16(20-14-21-17)18(25)24-11-9-23(10-12-24)15-7-5-4-6-8-15/h4-8,13-14H,9-12H2,1-3H3,(H,20,21,22). The number of amides is 1. The smallest absolute Gasteiger partial charge is 0.272 e. The van der Waals surface area contributed by atoms with Gasteiger partial charge in [0, 0.05) is 43.5 Å². The van der Waals surface area contributed by atoms with Crippen LogP contribution < -0.4 is 10.2 Å². The number of hydrogen-bond donors (Lipinski definition) is 1. The molecule has 25 heavy (non-hydrogen) atoms. The number of anilines is 2. The third-order valence-electron chi connectivity index (χ3n) is 4.08. The van der Waals surface area contributed by atoms with Crippen molar-refractivity contribution in [3.8, 4) is 0 Å². The maximum Gasteiger partial charge on any atom is 0.272 e. The molecule has 1 amide bonds. The molecule has 132 valence electrons. The van der Waals surface area contributed by atoms with Crippen LogP contribution in [0.15, 0.2) is 42.7 Å². The molecule has 0 spiro atoms. The molecule has 1 N–H and O–H groups in total. The summed E-state index contributed by atoms with van der Waals surface area (Å²) in [5, 5.41) is 3.28. The molecule has 0 aliphatic carbocycles. The Bertz CT molecular complexity index is 718. The van der Waals surface area contributed by atoms with Crippen molar-refractivity contribution >= 4 is 17.4 Å². The van der Waals surface area contributed by atoms with Crippen molar-refractivity contribution in [2.24, 2.45) is 0 Å². The predicted molar refractivity (Wildman–Crippen MR) is 100.0 cm³/mol. The minimum absolute atomic E-state index is 0.0351. The highest BCUT2D eigenvalue weighted by atomic mass is 16.2. The fourth-order valence-corrected chi connectivity index (χ4v) is 2.90. The molecular weight excluding hydrogens is 314 g/mol. The van der Waals surface area contributed by atoms with Crippen LogP contribution in [-0.2, 0) is 0 Å². The monoisotopic (exact) mass is 339 g/mol. The van der Waals surface area contributed by atoms with Gasteiger partial charge in [-0.1, -0.05) is 18.2 Å². The van der Waals surface area contributed by atoms with Gasteiger partial charge in [-0.05, 0) is 32.9 Å². The van der Waals surface area contributed by atoms with Gasteiger partial charge in [0.05, 0.1) is 0 Å². The first kappa shape index (κ1) is 17.2. The van der Waals surface area contributed by atoms with E-state index in [1.54, 1.807) is 6.07 Å². The molecule has 0 bridgehead atoms. The van der Waals surface area contributed by atoms with Gasteiger partial charge in [-0.2, -0.15) is 0 Å². The number of benzene rings is 1. The lowest BCUT2D eigenvalue weighted by molar-refractivity contribution is 0.0740. The van der Waals surface area contributed by atoms with Gasteiger partial charge < -0.3 is 15.1 Å². The molecule has 1 saturated heterocycles. The number of nitrogens with one attached hydrogen (secondary N) is 1. The van der Waals surface area contributed by atoms with E-state index in [9.17, 15) is 4.79 Å². The molecule has 3 rings (SSSR count). The quantitative estimate of drug-likeness (QED) is 0.931. The molecule has 2 aromatic rings. The highest BCUT2D eigenvalue weighted by Crippen LogP contribution is 2.17. The van der Waals surface area contributed by atoms with Gasteiger partial charge in [0.2, 0.25) is 0 Å². The Kier molecular flexibility index (Phi) is 4.88. The summed E-state index contributed by atoms with van der Waals surface area (Å²) >= 11 is 0. The van der Waals surface area contributed by atoms with Crippen LogP contribution in [-0.4, -0.2) is 52.5 Å². The van der Waals surface area contributed by atoms with Gasteiger partial charge in [-0.25, -0.2) is 9.97 Å². The molecule has 0 unspecified atom stereocenters. The number of nitrogens with zero attached hydrogens (tertiary/aromatic N) is 4. The SMILES string of the molecule is CC(C)(C)Nc1cc(C(=O)N2CCN(c3ccccc3)CC2)ncn1. The van der Waals surface area contributed by atoms with Crippen LogP contribution >= 0.6 is 0 Å². The predicted octanol–water partition coefficient (Wildman–Crippen LogP) is 2.65. The fourth-order valence-electron chi connectivity index (χ4n) is 2.90. The molecule has 0 atom stereocenters. The van der Waals surface area contributed by atoms with E-state index in [1.807, 2.05) is 23.1 Å². The van der Waals surface area contributed by atoms with Crippen molar-refractivity contribution in [3.63, 3.8) is 0 Å². The summed E-state index contributed by atoms with van der Waals surface area (Å²) in [4.78, 5) is 25.3. The minimum atomic E-state index is -0.115. The Morgan fingerprint density at radius 1 is 1.04 bits per heavy atom. The summed E-state index contributed by atoms with van der Waals surface area (Å²) in [5.41, 5.74) is 1.53. The topological polar surface area (TPSA) is 61.4 Å². The lowest BCUT2D eigenvalue weighted by Crippen LogP contribution is -2.49. The second-order valence-electron chi connectivity index (χ2n) is 7.28. The summed E-state index contributed by atoms with van der Waals surface area (Å²) in [7, 11) is 0. The van der Waals surface area contributed by atoms with Gasteiger partial charge in [-0.15, -0.1) is 0 Å². The summed E-state index contributed by atoms with van der Waals surface area (Å²) < 4.78 is 0. The molecular formula is C19H25N5O. The first-order valence-electron chi connectivity index (χ1n) is 8.62. The van der Waals surface area contributed by atoms with Gasteiger partial charge >= 0.3 is 0 Å². The maximum absolute atomic E-state index is 12.8. The summed E-state index contributed by atoms with van der Waals surface area (Å²) in [5.74, 6) is 0.640. The fraction of sp³-hybridized carbons (Fsp3) is 0.421. The lowest BCUT2D eigenvalue weighted by atomic mass is 10.1. The van der Waals surface area contributed by atoms with Gasteiger partial charge in [-0.3, -0.25) is 4.79 Å². The molecule has 1 aromatic heterocycles. The van der Waals surface area contributed by atoms with Crippen LogP contribution in [0.25, 0.3) is 0 Å². The van der Waals surface area contributed by atoms with Crippen LogP contribution in [0.2, 0.25) is 0 Å². The summed E-state index contributed by atoms with van der Waals surface area (Å²) in [6.07, 6.45) is 1.45. The first-order valence-corrected chi connectivity index (χ1v) is 8.62. The average molecular weight is 339 g/mol. The van der Waals surface area contributed by atoms with Crippen molar-refractivity contribution < 1.29 is 4.79 Å². The minimum Gasteiger partial charge on any atom is -0.368 e. The molecule has 1 aliphatic rings. The highest BCUT2D eigenvalue weighted by Gasteiger charge is 2.23. The molecule has 0 radical (unpaired) electrons. The van der Waals surface area contributed by atoms with E-state index >= 15 is 0 Å². The lowest BCUT2D eigenvalue weighted by Gasteiger charge is -2.36. The Morgan fingerprint density at radius 3 is 2.36 bits per heavy atom.